The molecular weight excluding hydrogens is 326 g/mol. The van der Waals surface area contributed by atoms with Gasteiger partial charge in [-0.2, -0.15) is 0 Å². The number of carbonyl (C=O) groups is 1. The van der Waals surface area contributed by atoms with Crippen molar-refractivity contribution < 1.29 is 9.53 Å². The van der Waals surface area contributed by atoms with Crippen molar-refractivity contribution >= 4 is 17.4 Å². The molecule has 0 spiro atoms. The summed E-state index contributed by atoms with van der Waals surface area (Å²) in [5.74, 6) is 1.09. The van der Waals surface area contributed by atoms with Crippen LogP contribution in [0.5, 0.6) is 5.75 Å². The Kier molecular flexibility index (Phi) is 6.10. The fourth-order valence-electron chi connectivity index (χ4n) is 3.18. The van der Waals surface area contributed by atoms with E-state index in [1.807, 2.05) is 50.4 Å². The van der Waals surface area contributed by atoms with Crippen LogP contribution in [0, 0.1) is 13.8 Å². The second kappa shape index (κ2) is 8.70. The Balaban J connectivity index is 1.53. The smallest absolute Gasteiger partial charge is 0.263 e. The van der Waals surface area contributed by atoms with Crippen molar-refractivity contribution in [1.29, 1.82) is 0 Å². The molecule has 138 valence electrons. The molecule has 1 aliphatic heterocycles. The Morgan fingerprint density at radius 2 is 1.88 bits per heavy atom. The standard InChI is InChI=1S/C21H27N3O2/c1-16-8-7-9-19(17(16)2)26-15-21(25)23-20-11-10-18(14-22-20)24-12-5-3-4-6-13-24/h7-11,14H,3-6,12-13,15H2,1-2H3,(H,22,23,25). The van der Waals surface area contributed by atoms with Gasteiger partial charge in [0.05, 0.1) is 11.9 Å². The molecule has 2 aromatic rings. The minimum atomic E-state index is -0.207. The number of hydrogen-bond acceptors (Lipinski definition) is 4. The highest BCUT2D eigenvalue weighted by molar-refractivity contribution is 5.91. The molecule has 0 atom stereocenters. The van der Waals surface area contributed by atoms with E-state index in [1.165, 1.54) is 25.7 Å². The van der Waals surface area contributed by atoms with E-state index in [9.17, 15) is 4.79 Å². The van der Waals surface area contributed by atoms with Crippen LogP contribution in [0.25, 0.3) is 0 Å². The fraction of sp³-hybridized carbons (Fsp3) is 0.429. The first-order chi connectivity index (χ1) is 12.6. The number of hydrogen-bond donors (Lipinski definition) is 1. The van der Waals surface area contributed by atoms with Crippen LogP contribution >= 0.6 is 0 Å². The summed E-state index contributed by atoms with van der Waals surface area (Å²) in [5, 5.41) is 2.80. The van der Waals surface area contributed by atoms with Gasteiger partial charge in [0.15, 0.2) is 6.61 Å². The monoisotopic (exact) mass is 353 g/mol. The Morgan fingerprint density at radius 3 is 2.58 bits per heavy atom. The molecule has 0 aliphatic carbocycles. The van der Waals surface area contributed by atoms with Gasteiger partial charge < -0.3 is 15.0 Å². The Bertz CT molecular complexity index is 735. The number of ether oxygens (including phenoxy) is 1. The zero-order chi connectivity index (χ0) is 18.4. The highest BCUT2D eigenvalue weighted by atomic mass is 16.5. The van der Waals surface area contributed by atoms with Crippen molar-refractivity contribution in [2.75, 3.05) is 29.9 Å². The third kappa shape index (κ3) is 4.75. The number of carbonyl (C=O) groups excluding carboxylic acids is 1. The number of nitrogens with one attached hydrogen (secondary N) is 1. The molecule has 5 heteroatoms. The van der Waals surface area contributed by atoms with Gasteiger partial charge in [0.2, 0.25) is 0 Å². The number of rotatable bonds is 5. The van der Waals surface area contributed by atoms with Crippen molar-refractivity contribution in [2.24, 2.45) is 0 Å². The quantitative estimate of drug-likeness (QED) is 0.879. The summed E-state index contributed by atoms with van der Waals surface area (Å²) in [5.41, 5.74) is 3.32. The SMILES string of the molecule is Cc1cccc(OCC(=O)Nc2ccc(N3CCCCCC3)cn2)c1C. The van der Waals surface area contributed by atoms with Gasteiger partial charge in [-0.3, -0.25) is 4.79 Å². The maximum atomic E-state index is 12.1. The van der Waals surface area contributed by atoms with Gasteiger partial charge in [-0.25, -0.2) is 4.98 Å². The topological polar surface area (TPSA) is 54.5 Å². The summed E-state index contributed by atoms with van der Waals surface area (Å²) >= 11 is 0. The average molecular weight is 353 g/mol. The summed E-state index contributed by atoms with van der Waals surface area (Å²) < 4.78 is 5.64. The molecule has 0 bridgehead atoms. The first kappa shape index (κ1) is 18.2. The van der Waals surface area contributed by atoms with E-state index in [-0.39, 0.29) is 12.5 Å². The van der Waals surface area contributed by atoms with E-state index in [1.54, 1.807) is 0 Å². The number of pyridine rings is 1. The molecule has 1 aliphatic rings. The van der Waals surface area contributed by atoms with Crippen molar-refractivity contribution in [1.82, 2.24) is 4.98 Å². The molecule has 0 radical (unpaired) electrons. The van der Waals surface area contributed by atoms with E-state index in [0.29, 0.717) is 5.82 Å². The van der Waals surface area contributed by atoms with Gasteiger partial charge in [-0.1, -0.05) is 25.0 Å². The second-order valence-electron chi connectivity index (χ2n) is 6.84. The maximum Gasteiger partial charge on any atom is 0.263 e. The molecule has 1 N–H and O–H groups in total. The second-order valence-corrected chi connectivity index (χ2v) is 6.84. The van der Waals surface area contributed by atoms with Crippen LogP contribution in [-0.4, -0.2) is 30.6 Å². The molecule has 1 aromatic heterocycles. The van der Waals surface area contributed by atoms with E-state index in [4.69, 9.17) is 4.74 Å². The van der Waals surface area contributed by atoms with Crippen molar-refractivity contribution in [2.45, 2.75) is 39.5 Å². The van der Waals surface area contributed by atoms with Crippen molar-refractivity contribution in [3.8, 4) is 5.75 Å². The highest BCUT2D eigenvalue weighted by Crippen LogP contribution is 2.21. The van der Waals surface area contributed by atoms with Gasteiger partial charge >= 0.3 is 0 Å². The summed E-state index contributed by atoms with van der Waals surface area (Å²) in [6.07, 6.45) is 6.91. The van der Waals surface area contributed by atoms with Crippen molar-refractivity contribution in [3.63, 3.8) is 0 Å². The van der Waals surface area contributed by atoms with Crippen LogP contribution in [0.1, 0.15) is 36.8 Å². The van der Waals surface area contributed by atoms with E-state index in [2.05, 4.69) is 15.2 Å². The number of benzene rings is 1. The first-order valence-corrected chi connectivity index (χ1v) is 9.33. The van der Waals surface area contributed by atoms with Gasteiger partial charge in [-0.05, 0) is 56.0 Å². The normalized spacial score (nSPS) is 14.6. The summed E-state index contributed by atoms with van der Waals surface area (Å²) in [6.45, 7) is 6.15. The van der Waals surface area contributed by atoms with Crippen LogP contribution < -0.4 is 15.0 Å². The van der Waals surface area contributed by atoms with Crippen LogP contribution in [0.4, 0.5) is 11.5 Å². The van der Waals surface area contributed by atoms with Crippen LogP contribution in [0.2, 0.25) is 0 Å². The van der Waals surface area contributed by atoms with Gasteiger partial charge in [0.1, 0.15) is 11.6 Å². The number of nitrogens with zero attached hydrogens (tertiary/aromatic N) is 2. The van der Waals surface area contributed by atoms with Gasteiger partial charge in [-0.15, -0.1) is 0 Å². The lowest BCUT2D eigenvalue weighted by molar-refractivity contribution is -0.118. The number of amides is 1. The molecule has 26 heavy (non-hydrogen) atoms. The maximum absolute atomic E-state index is 12.1. The average Bonchev–Trinajstić information content (AvgIpc) is 2.93. The first-order valence-electron chi connectivity index (χ1n) is 9.33. The molecule has 1 saturated heterocycles. The molecule has 0 saturated carbocycles. The lowest BCUT2D eigenvalue weighted by Crippen LogP contribution is -2.24. The zero-order valence-corrected chi connectivity index (χ0v) is 15.6. The number of anilines is 2. The Morgan fingerprint density at radius 1 is 1.12 bits per heavy atom. The molecular formula is C21H27N3O2. The minimum absolute atomic E-state index is 0.0279. The zero-order valence-electron chi connectivity index (χ0n) is 15.6. The van der Waals surface area contributed by atoms with Gasteiger partial charge in [0.25, 0.3) is 5.91 Å². The predicted molar refractivity (Wildman–Crippen MR) is 105 cm³/mol. The summed E-state index contributed by atoms with van der Waals surface area (Å²) in [4.78, 5) is 18.9. The molecule has 2 heterocycles. The minimum Gasteiger partial charge on any atom is -0.483 e. The summed E-state index contributed by atoms with van der Waals surface area (Å²) in [7, 11) is 0. The molecule has 5 nitrogen and oxygen atoms in total. The predicted octanol–water partition coefficient (Wildman–Crippen LogP) is 4.10. The number of aryl methyl sites for hydroxylation is 1. The highest BCUT2D eigenvalue weighted by Gasteiger charge is 2.11. The largest absolute Gasteiger partial charge is 0.483 e. The molecule has 1 amide bonds. The van der Waals surface area contributed by atoms with Gasteiger partial charge in [0, 0.05) is 13.1 Å². The van der Waals surface area contributed by atoms with E-state index >= 15 is 0 Å². The fourth-order valence-corrected chi connectivity index (χ4v) is 3.18. The van der Waals surface area contributed by atoms with Crippen LogP contribution in [0.15, 0.2) is 36.5 Å². The lowest BCUT2D eigenvalue weighted by atomic mass is 10.1. The third-order valence-corrected chi connectivity index (χ3v) is 4.90. The molecule has 1 fully saturated rings. The molecule has 1 aromatic carbocycles. The third-order valence-electron chi connectivity index (χ3n) is 4.90. The Hall–Kier alpha value is -2.56. The molecule has 3 rings (SSSR count). The van der Waals surface area contributed by atoms with E-state index in [0.717, 1.165) is 35.7 Å². The summed E-state index contributed by atoms with van der Waals surface area (Å²) in [6, 6.07) is 9.72. The Labute approximate surface area is 155 Å². The van der Waals surface area contributed by atoms with Crippen molar-refractivity contribution in [3.05, 3.63) is 47.7 Å². The van der Waals surface area contributed by atoms with Crippen LogP contribution in [0.3, 0.4) is 0 Å². The lowest BCUT2D eigenvalue weighted by Gasteiger charge is -2.22. The number of aromatic nitrogens is 1. The molecule has 0 unspecified atom stereocenters. The van der Waals surface area contributed by atoms with Crippen LogP contribution in [-0.2, 0) is 4.79 Å². The van der Waals surface area contributed by atoms with E-state index < -0.39 is 0 Å².